The van der Waals surface area contributed by atoms with Gasteiger partial charge in [0.05, 0.1) is 41.7 Å². The van der Waals surface area contributed by atoms with Crippen molar-refractivity contribution in [2.75, 3.05) is 13.7 Å². The molecule has 1 aromatic carbocycles. The lowest BCUT2D eigenvalue weighted by atomic mass is 9.70. The quantitative estimate of drug-likeness (QED) is 0.275. The van der Waals surface area contributed by atoms with Gasteiger partial charge in [-0.1, -0.05) is 18.2 Å². The second kappa shape index (κ2) is 10.00. The summed E-state index contributed by atoms with van der Waals surface area (Å²) in [4.78, 5) is 39.1. The van der Waals surface area contributed by atoms with Crippen molar-refractivity contribution in [1.29, 1.82) is 15.8 Å². The number of hydrogen-bond donors (Lipinski definition) is 1. The fourth-order valence-corrected chi connectivity index (χ4v) is 4.82. The minimum absolute atomic E-state index is 0.0127. The molecule has 0 bridgehead atoms. The Hall–Kier alpha value is -5.15. The molecule has 2 heterocycles. The monoisotopic (exact) mass is 488 g/mol. The van der Waals surface area contributed by atoms with E-state index in [2.05, 4.69) is 0 Å². The fraction of sp³-hybridized carbons (Fsp3) is 0.292. The van der Waals surface area contributed by atoms with Crippen LogP contribution in [0.15, 0.2) is 58.1 Å². The Morgan fingerprint density at radius 2 is 1.86 bits per heavy atom. The van der Waals surface area contributed by atoms with E-state index in [0.29, 0.717) is 0 Å². The zero-order valence-corrected chi connectivity index (χ0v) is 19.5. The van der Waals surface area contributed by atoms with Gasteiger partial charge < -0.3 is 20.1 Å². The Kier molecular flexibility index (Phi) is 7.07. The normalized spacial score (nSPS) is 20.6. The molecule has 2 aliphatic heterocycles. The number of para-hydroxylation sites is 1. The molecule has 0 fully saturated rings. The zero-order chi connectivity index (χ0) is 26.7. The number of esters is 2. The third-order valence-electron chi connectivity index (χ3n) is 6.16. The summed E-state index contributed by atoms with van der Waals surface area (Å²) >= 11 is 0. The van der Waals surface area contributed by atoms with E-state index in [1.807, 2.05) is 6.07 Å². The highest BCUT2D eigenvalue weighted by Crippen LogP contribution is 2.52. The number of carbonyl (C=O) groups is 2. The average molecular weight is 488 g/mol. The van der Waals surface area contributed by atoms with Gasteiger partial charge in [0.25, 0.3) is 5.69 Å². The van der Waals surface area contributed by atoms with Crippen molar-refractivity contribution in [3.05, 3.63) is 73.8 Å². The third kappa shape index (κ3) is 3.79. The Morgan fingerprint density at radius 3 is 2.39 bits per heavy atom. The van der Waals surface area contributed by atoms with Gasteiger partial charge in [0.15, 0.2) is 0 Å². The highest BCUT2D eigenvalue weighted by atomic mass is 16.6. The molecule has 12 nitrogen and oxygen atoms in total. The summed E-state index contributed by atoms with van der Waals surface area (Å²) in [5.74, 6) is -4.65. The molecule has 3 atom stereocenters. The van der Waals surface area contributed by atoms with E-state index in [-0.39, 0.29) is 46.1 Å². The topological polar surface area (TPSA) is 196 Å². The Morgan fingerprint density at radius 1 is 1.22 bits per heavy atom. The van der Waals surface area contributed by atoms with Crippen molar-refractivity contribution in [2.24, 2.45) is 11.7 Å². The number of nitrogens with zero attached hydrogens (tertiary/aromatic N) is 5. The molecular formula is C24H20N6O6. The van der Waals surface area contributed by atoms with Crippen LogP contribution in [0.25, 0.3) is 0 Å². The molecule has 0 aliphatic carbocycles. The van der Waals surface area contributed by atoms with Gasteiger partial charge in [0.1, 0.15) is 29.6 Å². The highest BCUT2D eigenvalue weighted by molar-refractivity contribution is 5.94. The Labute approximate surface area is 205 Å². The predicted molar refractivity (Wildman–Crippen MR) is 121 cm³/mol. The lowest BCUT2D eigenvalue weighted by Gasteiger charge is -2.43. The van der Waals surface area contributed by atoms with Crippen LogP contribution in [0.5, 0.6) is 0 Å². The smallest absolute Gasteiger partial charge is 0.336 e. The van der Waals surface area contributed by atoms with Crippen molar-refractivity contribution in [3.8, 4) is 18.2 Å². The van der Waals surface area contributed by atoms with Gasteiger partial charge in [-0.2, -0.15) is 15.8 Å². The number of methoxy groups -OCH3 is 1. The molecule has 2 N–H and O–H groups in total. The van der Waals surface area contributed by atoms with Gasteiger partial charge in [-0.25, -0.2) is 4.79 Å². The van der Waals surface area contributed by atoms with Crippen LogP contribution in [0.3, 0.4) is 0 Å². The lowest BCUT2D eigenvalue weighted by Crippen LogP contribution is -2.50. The van der Waals surface area contributed by atoms with Crippen LogP contribution in [0.4, 0.5) is 5.69 Å². The number of nitro groups is 1. The predicted octanol–water partition coefficient (Wildman–Crippen LogP) is 2.04. The van der Waals surface area contributed by atoms with Crippen LogP contribution >= 0.6 is 0 Å². The van der Waals surface area contributed by atoms with Gasteiger partial charge in [0, 0.05) is 28.8 Å². The minimum Gasteiger partial charge on any atom is -0.469 e. The summed E-state index contributed by atoms with van der Waals surface area (Å²) in [5.41, 5.74) is 5.13. The fourth-order valence-electron chi connectivity index (χ4n) is 4.82. The summed E-state index contributed by atoms with van der Waals surface area (Å²) in [5, 5.41) is 41.0. The van der Waals surface area contributed by atoms with Crippen LogP contribution in [0, 0.1) is 50.0 Å². The lowest BCUT2D eigenvalue weighted by molar-refractivity contribution is -0.385. The van der Waals surface area contributed by atoms with Crippen molar-refractivity contribution in [1.82, 2.24) is 4.90 Å². The van der Waals surface area contributed by atoms with E-state index in [1.165, 1.54) is 36.1 Å². The first kappa shape index (κ1) is 25.5. The first-order valence-corrected chi connectivity index (χ1v) is 10.6. The number of allylic oxidation sites excluding steroid dienone is 2. The standard InChI is InChI=1S/C24H20N6O6/c1-4-36-24(32)17-12(2)29-21(18(13(9-25)10-26)15(11-27)22(29)28)20(23(31)35-3)19(17)14-7-5-6-8-16(14)30(33)34/h5-8,19-21H,4,28H2,1-3H3/t19-,20-,21-/m1/s1. The summed E-state index contributed by atoms with van der Waals surface area (Å²) < 4.78 is 10.3. The number of fused-ring (bicyclic) bond motifs is 1. The SMILES string of the molecule is CCOC(=O)C1=C(C)N2C(N)=C(C#N)C(=C(C#N)C#N)[C@@H]2[C@H](C(=O)OC)[C@@H]1c1ccccc1[N+](=O)[O-]. The molecule has 0 saturated carbocycles. The molecule has 0 saturated heterocycles. The summed E-state index contributed by atoms with van der Waals surface area (Å²) in [6.45, 7) is 3.03. The summed E-state index contributed by atoms with van der Waals surface area (Å²) in [7, 11) is 1.09. The van der Waals surface area contributed by atoms with E-state index >= 15 is 0 Å². The van der Waals surface area contributed by atoms with E-state index in [1.54, 1.807) is 19.1 Å². The number of nitrogens with two attached hydrogens (primary N) is 1. The number of carbonyl (C=O) groups excluding carboxylic acids is 2. The van der Waals surface area contributed by atoms with Gasteiger partial charge in [-0.3, -0.25) is 14.9 Å². The number of hydrogen-bond acceptors (Lipinski definition) is 11. The van der Waals surface area contributed by atoms with E-state index in [9.17, 15) is 35.5 Å². The second-order valence-corrected chi connectivity index (χ2v) is 7.76. The van der Waals surface area contributed by atoms with Crippen molar-refractivity contribution >= 4 is 17.6 Å². The van der Waals surface area contributed by atoms with Crippen LogP contribution in [-0.2, 0) is 19.1 Å². The van der Waals surface area contributed by atoms with Gasteiger partial charge in [0.2, 0.25) is 0 Å². The Bertz CT molecular complexity index is 1370. The first-order valence-electron chi connectivity index (χ1n) is 10.6. The molecule has 36 heavy (non-hydrogen) atoms. The maximum Gasteiger partial charge on any atom is 0.336 e. The molecular weight excluding hydrogens is 468 g/mol. The van der Waals surface area contributed by atoms with Crippen LogP contribution in [-0.4, -0.2) is 41.5 Å². The van der Waals surface area contributed by atoms with E-state index < -0.39 is 40.3 Å². The summed E-state index contributed by atoms with van der Waals surface area (Å²) in [6, 6.07) is 9.66. The van der Waals surface area contributed by atoms with Crippen LogP contribution in [0.2, 0.25) is 0 Å². The first-order chi connectivity index (χ1) is 17.2. The molecule has 12 heteroatoms. The molecule has 0 spiro atoms. The maximum atomic E-state index is 13.3. The van der Waals surface area contributed by atoms with E-state index in [0.717, 1.165) is 7.11 Å². The number of nitro benzene ring substituents is 1. The van der Waals surface area contributed by atoms with Gasteiger partial charge >= 0.3 is 11.9 Å². The van der Waals surface area contributed by atoms with Gasteiger partial charge in [-0.15, -0.1) is 0 Å². The van der Waals surface area contributed by atoms with Crippen molar-refractivity contribution in [3.63, 3.8) is 0 Å². The molecule has 1 aromatic rings. The number of rotatable bonds is 5. The maximum absolute atomic E-state index is 13.3. The number of benzene rings is 1. The van der Waals surface area contributed by atoms with Crippen LogP contribution in [0.1, 0.15) is 25.3 Å². The average Bonchev–Trinajstić information content (AvgIpc) is 3.16. The summed E-state index contributed by atoms with van der Waals surface area (Å²) in [6.07, 6.45) is 0. The highest BCUT2D eigenvalue weighted by Gasteiger charge is 2.56. The van der Waals surface area contributed by atoms with Crippen molar-refractivity contribution in [2.45, 2.75) is 25.8 Å². The van der Waals surface area contributed by atoms with E-state index in [4.69, 9.17) is 15.2 Å². The van der Waals surface area contributed by atoms with Crippen molar-refractivity contribution < 1.29 is 24.0 Å². The molecule has 0 amide bonds. The van der Waals surface area contributed by atoms with Crippen LogP contribution < -0.4 is 5.73 Å². The third-order valence-corrected chi connectivity index (χ3v) is 6.16. The minimum atomic E-state index is -1.42. The molecule has 0 radical (unpaired) electrons. The van der Waals surface area contributed by atoms with Gasteiger partial charge in [-0.05, 0) is 13.8 Å². The largest absolute Gasteiger partial charge is 0.469 e. The molecule has 182 valence electrons. The molecule has 2 aliphatic rings. The number of ether oxygens (including phenoxy) is 2. The molecule has 0 unspecified atom stereocenters. The number of nitriles is 3. The second-order valence-electron chi connectivity index (χ2n) is 7.76. The molecule has 0 aromatic heterocycles. The zero-order valence-electron chi connectivity index (χ0n) is 19.5. The molecule has 3 rings (SSSR count). The Balaban J connectivity index is 2.53.